The van der Waals surface area contributed by atoms with Gasteiger partial charge in [-0.3, -0.25) is 4.68 Å². The number of nitrogens with zero attached hydrogens (tertiary/aromatic N) is 2. The quantitative estimate of drug-likeness (QED) is 0.848. The summed E-state index contributed by atoms with van der Waals surface area (Å²) in [4.78, 5) is 0. The van der Waals surface area contributed by atoms with Crippen LogP contribution < -0.4 is 5.32 Å². The van der Waals surface area contributed by atoms with Gasteiger partial charge in [0.2, 0.25) is 0 Å². The van der Waals surface area contributed by atoms with Crippen molar-refractivity contribution in [3.8, 4) is 0 Å². The van der Waals surface area contributed by atoms with Crippen molar-refractivity contribution in [3.63, 3.8) is 0 Å². The molecule has 0 amide bonds. The van der Waals surface area contributed by atoms with Crippen LogP contribution in [0, 0.1) is 12.8 Å². The van der Waals surface area contributed by atoms with Crippen LogP contribution in [0.25, 0.3) is 10.9 Å². The van der Waals surface area contributed by atoms with E-state index in [0.29, 0.717) is 0 Å². The summed E-state index contributed by atoms with van der Waals surface area (Å²) in [6.45, 7) is 5.56. The highest BCUT2D eigenvalue weighted by Gasteiger charge is 2.16. The van der Waals surface area contributed by atoms with Gasteiger partial charge in [0.25, 0.3) is 0 Å². The van der Waals surface area contributed by atoms with Gasteiger partial charge in [0.05, 0.1) is 11.7 Å². The number of hydrogen-bond acceptors (Lipinski definition) is 2. The van der Waals surface area contributed by atoms with Gasteiger partial charge in [-0.1, -0.05) is 18.2 Å². The fraction of sp³-hybridized carbons (Fsp3) is 0.462. The predicted molar refractivity (Wildman–Crippen MR) is 65.4 cm³/mol. The molecule has 16 heavy (non-hydrogen) atoms. The van der Waals surface area contributed by atoms with E-state index in [1.807, 2.05) is 6.20 Å². The van der Waals surface area contributed by atoms with Crippen LogP contribution >= 0.6 is 0 Å². The van der Waals surface area contributed by atoms with Gasteiger partial charge in [-0.25, -0.2) is 0 Å². The SMILES string of the molecule is Cc1cccc2cnn(CCC3CNC3)c12. The summed E-state index contributed by atoms with van der Waals surface area (Å²) in [6.07, 6.45) is 3.21. The molecule has 0 aliphatic carbocycles. The summed E-state index contributed by atoms with van der Waals surface area (Å²) in [6, 6.07) is 6.39. The molecule has 0 spiro atoms. The molecule has 2 heterocycles. The lowest BCUT2D eigenvalue weighted by Crippen LogP contribution is -2.42. The first-order valence-corrected chi connectivity index (χ1v) is 5.96. The van der Waals surface area contributed by atoms with Gasteiger partial charge in [0, 0.05) is 11.9 Å². The Hall–Kier alpha value is -1.35. The van der Waals surface area contributed by atoms with E-state index in [4.69, 9.17) is 0 Å². The van der Waals surface area contributed by atoms with Gasteiger partial charge in [0.1, 0.15) is 0 Å². The number of para-hydroxylation sites is 1. The standard InChI is InChI=1S/C13H17N3/c1-10-3-2-4-12-9-15-16(13(10)12)6-5-11-7-14-8-11/h2-4,9,11,14H,5-8H2,1H3. The van der Waals surface area contributed by atoms with E-state index in [1.54, 1.807) is 0 Å². The van der Waals surface area contributed by atoms with Crippen molar-refractivity contribution in [1.29, 1.82) is 0 Å². The molecular weight excluding hydrogens is 198 g/mol. The van der Waals surface area contributed by atoms with E-state index in [0.717, 1.165) is 12.5 Å². The minimum Gasteiger partial charge on any atom is -0.316 e. The Labute approximate surface area is 95.5 Å². The third kappa shape index (κ3) is 1.61. The third-order valence-corrected chi connectivity index (χ3v) is 3.48. The van der Waals surface area contributed by atoms with Crippen molar-refractivity contribution < 1.29 is 0 Å². The van der Waals surface area contributed by atoms with Gasteiger partial charge >= 0.3 is 0 Å². The summed E-state index contributed by atoms with van der Waals surface area (Å²) in [5.41, 5.74) is 2.62. The molecule has 0 radical (unpaired) electrons. The normalized spacial score (nSPS) is 16.6. The number of hydrogen-bond donors (Lipinski definition) is 1. The molecule has 1 saturated heterocycles. The van der Waals surface area contributed by atoms with Crippen LogP contribution in [0.3, 0.4) is 0 Å². The molecule has 1 N–H and O–H groups in total. The maximum atomic E-state index is 4.48. The van der Waals surface area contributed by atoms with E-state index < -0.39 is 0 Å². The molecule has 1 fully saturated rings. The minimum absolute atomic E-state index is 0.850. The van der Waals surface area contributed by atoms with Crippen molar-refractivity contribution in [3.05, 3.63) is 30.0 Å². The fourth-order valence-electron chi connectivity index (χ4n) is 2.36. The van der Waals surface area contributed by atoms with Crippen LogP contribution in [0.5, 0.6) is 0 Å². The average Bonchev–Trinajstić information content (AvgIpc) is 2.61. The molecule has 0 bridgehead atoms. The first-order chi connectivity index (χ1) is 7.84. The topological polar surface area (TPSA) is 29.9 Å². The number of nitrogens with one attached hydrogen (secondary N) is 1. The molecule has 3 rings (SSSR count). The molecule has 1 aromatic heterocycles. The second kappa shape index (κ2) is 3.91. The number of aromatic nitrogens is 2. The molecule has 0 saturated carbocycles. The van der Waals surface area contributed by atoms with Crippen molar-refractivity contribution in [2.45, 2.75) is 19.9 Å². The van der Waals surface area contributed by atoms with Crippen molar-refractivity contribution in [2.75, 3.05) is 13.1 Å². The molecule has 0 atom stereocenters. The fourth-order valence-corrected chi connectivity index (χ4v) is 2.36. The molecule has 1 aromatic carbocycles. The number of fused-ring (bicyclic) bond motifs is 1. The molecule has 1 aliphatic rings. The molecule has 2 aromatic rings. The lowest BCUT2D eigenvalue weighted by Gasteiger charge is -2.26. The summed E-state index contributed by atoms with van der Waals surface area (Å²) in [5.74, 6) is 0.850. The average molecular weight is 215 g/mol. The summed E-state index contributed by atoms with van der Waals surface area (Å²) < 4.78 is 2.16. The Balaban J connectivity index is 1.85. The van der Waals surface area contributed by atoms with E-state index in [-0.39, 0.29) is 0 Å². The molecule has 3 heteroatoms. The highest BCUT2D eigenvalue weighted by Crippen LogP contribution is 2.19. The summed E-state index contributed by atoms with van der Waals surface area (Å²) in [7, 11) is 0. The molecule has 1 aliphatic heterocycles. The highest BCUT2D eigenvalue weighted by atomic mass is 15.3. The Morgan fingerprint density at radius 2 is 2.31 bits per heavy atom. The molecule has 0 unspecified atom stereocenters. The van der Waals surface area contributed by atoms with E-state index in [2.05, 4.69) is 40.2 Å². The number of aryl methyl sites for hydroxylation is 2. The zero-order valence-electron chi connectivity index (χ0n) is 9.61. The summed E-state index contributed by atoms with van der Waals surface area (Å²) >= 11 is 0. The first-order valence-electron chi connectivity index (χ1n) is 5.96. The van der Waals surface area contributed by atoms with E-state index in [9.17, 15) is 0 Å². The first kappa shape index (κ1) is 9.85. The van der Waals surface area contributed by atoms with Crippen LogP contribution in [0.15, 0.2) is 24.4 Å². The van der Waals surface area contributed by atoms with Crippen LogP contribution in [-0.2, 0) is 6.54 Å². The van der Waals surface area contributed by atoms with Gasteiger partial charge in [-0.15, -0.1) is 0 Å². The van der Waals surface area contributed by atoms with Crippen LogP contribution in [0.4, 0.5) is 0 Å². The Morgan fingerprint density at radius 1 is 1.44 bits per heavy atom. The minimum atomic E-state index is 0.850. The Kier molecular flexibility index (Phi) is 2.40. The number of rotatable bonds is 3. The van der Waals surface area contributed by atoms with Crippen molar-refractivity contribution in [1.82, 2.24) is 15.1 Å². The van der Waals surface area contributed by atoms with Crippen LogP contribution in [0.2, 0.25) is 0 Å². The van der Waals surface area contributed by atoms with E-state index >= 15 is 0 Å². The van der Waals surface area contributed by atoms with Crippen molar-refractivity contribution in [2.24, 2.45) is 5.92 Å². The Morgan fingerprint density at radius 3 is 3.06 bits per heavy atom. The second-order valence-electron chi connectivity index (χ2n) is 4.69. The lowest BCUT2D eigenvalue weighted by molar-refractivity contribution is 0.308. The largest absolute Gasteiger partial charge is 0.316 e. The zero-order valence-corrected chi connectivity index (χ0v) is 9.61. The highest BCUT2D eigenvalue weighted by molar-refractivity contribution is 5.81. The third-order valence-electron chi connectivity index (χ3n) is 3.48. The molecule has 84 valence electrons. The zero-order chi connectivity index (χ0) is 11.0. The van der Waals surface area contributed by atoms with Crippen LogP contribution in [0.1, 0.15) is 12.0 Å². The van der Waals surface area contributed by atoms with Crippen molar-refractivity contribution >= 4 is 10.9 Å². The van der Waals surface area contributed by atoms with E-state index in [1.165, 1.54) is 36.0 Å². The van der Waals surface area contributed by atoms with Crippen LogP contribution in [-0.4, -0.2) is 22.9 Å². The molecular formula is C13H17N3. The van der Waals surface area contributed by atoms with Gasteiger partial charge in [-0.2, -0.15) is 5.10 Å². The monoisotopic (exact) mass is 215 g/mol. The van der Waals surface area contributed by atoms with Gasteiger partial charge < -0.3 is 5.32 Å². The molecule has 3 nitrogen and oxygen atoms in total. The Bertz CT molecular complexity index is 497. The maximum Gasteiger partial charge on any atom is 0.0711 e. The van der Waals surface area contributed by atoms with Gasteiger partial charge in [0.15, 0.2) is 0 Å². The second-order valence-corrected chi connectivity index (χ2v) is 4.69. The number of benzene rings is 1. The predicted octanol–water partition coefficient (Wildman–Crippen LogP) is 1.95. The smallest absolute Gasteiger partial charge is 0.0711 e. The maximum absolute atomic E-state index is 4.48. The van der Waals surface area contributed by atoms with Gasteiger partial charge in [-0.05, 0) is 37.9 Å². The lowest BCUT2D eigenvalue weighted by atomic mass is 9.99. The summed E-state index contributed by atoms with van der Waals surface area (Å²) in [5, 5.41) is 9.05.